The van der Waals surface area contributed by atoms with E-state index >= 15 is 0 Å². The summed E-state index contributed by atoms with van der Waals surface area (Å²) >= 11 is 1.51. The van der Waals surface area contributed by atoms with E-state index in [1.165, 1.54) is 11.8 Å². The van der Waals surface area contributed by atoms with E-state index < -0.39 is 0 Å². The van der Waals surface area contributed by atoms with Crippen LogP contribution in [0.4, 0.5) is 10.5 Å². The Morgan fingerprint density at radius 1 is 1.29 bits per heavy atom. The van der Waals surface area contributed by atoms with Gasteiger partial charge in [-0.3, -0.25) is 9.69 Å². The molecule has 2 heterocycles. The summed E-state index contributed by atoms with van der Waals surface area (Å²) in [7, 11) is 0. The zero-order valence-electron chi connectivity index (χ0n) is 16.3. The number of amides is 2. The standard InChI is InChI=1S/C20H24N4O3S/c1-13-17(14(2)23-19(22-13)28-3)7-8-18(25)21-12-15-5-4-6-16(11-15)24-9-10-27-20(24)26/h4-6,11H,7-10,12H2,1-3H3,(H,21,25). The van der Waals surface area contributed by atoms with Gasteiger partial charge in [0.25, 0.3) is 0 Å². The van der Waals surface area contributed by atoms with Crippen LogP contribution in [-0.4, -0.2) is 41.4 Å². The van der Waals surface area contributed by atoms with Crippen molar-refractivity contribution in [3.8, 4) is 0 Å². The van der Waals surface area contributed by atoms with Gasteiger partial charge in [-0.1, -0.05) is 23.9 Å². The Labute approximate surface area is 168 Å². The Morgan fingerprint density at radius 3 is 2.68 bits per heavy atom. The second kappa shape index (κ2) is 9.05. The van der Waals surface area contributed by atoms with Crippen LogP contribution in [0.25, 0.3) is 0 Å². The lowest BCUT2D eigenvalue weighted by molar-refractivity contribution is -0.121. The van der Waals surface area contributed by atoms with E-state index in [4.69, 9.17) is 4.74 Å². The molecule has 1 N–H and O–H groups in total. The first-order valence-corrected chi connectivity index (χ1v) is 10.4. The predicted octanol–water partition coefficient (Wildman–Crippen LogP) is 3.02. The summed E-state index contributed by atoms with van der Waals surface area (Å²) in [4.78, 5) is 34.5. The van der Waals surface area contributed by atoms with E-state index in [0.717, 1.165) is 33.4 Å². The molecule has 1 fully saturated rings. The van der Waals surface area contributed by atoms with Crippen LogP contribution in [-0.2, 0) is 22.5 Å². The van der Waals surface area contributed by atoms with Gasteiger partial charge in [-0.25, -0.2) is 14.8 Å². The molecule has 0 bridgehead atoms. The Hall–Kier alpha value is -2.61. The van der Waals surface area contributed by atoms with Gasteiger partial charge in [-0.15, -0.1) is 0 Å². The number of aryl methyl sites for hydroxylation is 2. The van der Waals surface area contributed by atoms with Gasteiger partial charge in [-0.05, 0) is 49.8 Å². The lowest BCUT2D eigenvalue weighted by atomic mass is 10.1. The van der Waals surface area contributed by atoms with Crippen LogP contribution in [0.3, 0.4) is 0 Å². The summed E-state index contributed by atoms with van der Waals surface area (Å²) < 4.78 is 4.97. The predicted molar refractivity (Wildman–Crippen MR) is 109 cm³/mol. The third kappa shape index (κ3) is 4.81. The number of carbonyl (C=O) groups is 2. The van der Waals surface area contributed by atoms with Crippen molar-refractivity contribution in [2.24, 2.45) is 0 Å². The van der Waals surface area contributed by atoms with E-state index in [0.29, 0.717) is 32.5 Å². The summed E-state index contributed by atoms with van der Waals surface area (Å²) in [5, 5.41) is 3.70. The van der Waals surface area contributed by atoms with Gasteiger partial charge < -0.3 is 10.1 Å². The highest BCUT2D eigenvalue weighted by Crippen LogP contribution is 2.20. The van der Waals surface area contributed by atoms with Crippen molar-refractivity contribution >= 4 is 29.4 Å². The Kier molecular flexibility index (Phi) is 6.51. The topological polar surface area (TPSA) is 84.4 Å². The molecule has 3 rings (SSSR count). The summed E-state index contributed by atoms with van der Waals surface area (Å²) in [6, 6.07) is 7.56. The van der Waals surface area contributed by atoms with Gasteiger partial charge >= 0.3 is 6.09 Å². The summed E-state index contributed by atoms with van der Waals surface area (Å²) in [5.74, 6) is -0.0290. The van der Waals surface area contributed by atoms with Crippen LogP contribution < -0.4 is 10.2 Å². The Morgan fingerprint density at radius 2 is 2.04 bits per heavy atom. The summed E-state index contributed by atoms with van der Waals surface area (Å²) in [5.41, 5.74) is 4.60. The molecule has 0 unspecified atom stereocenters. The van der Waals surface area contributed by atoms with E-state index in [9.17, 15) is 9.59 Å². The highest BCUT2D eigenvalue weighted by atomic mass is 32.2. The smallest absolute Gasteiger partial charge is 0.414 e. The zero-order chi connectivity index (χ0) is 20.1. The van der Waals surface area contributed by atoms with Crippen LogP contribution in [0.15, 0.2) is 29.4 Å². The molecule has 1 aliphatic rings. The fourth-order valence-electron chi connectivity index (χ4n) is 3.15. The number of benzene rings is 1. The molecule has 0 atom stereocenters. The number of nitrogens with one attached hydrogen (secondary N) is 1. The molecule has 2 amide bonds. The van der Waals surface area contributed by atoms with Gasteiger partial charge in [0, 0.05) is 30.0 Å². The first-order chi connectivity index (χ1) is 13.5. The highest BCUT2D eigenvalue weighted by Gasteiger charge is 2.23. The molecule has 1 aromatic heterocycles. The van der Waals surface area contributed by atoms with E-state index in [2.05, 4.69) is 15.3 Å². The molecule has 0 spiro atoms. The van der Waals surface area contributed by atoms with Crippen molar-refractivity contribution in [1.29, 1.82) is 0 Å². The second-order valence-electron chi connectivity index (χ2n) is 6.57. The lowest BCUT2D eigenvalue weighted by Crippen LogP contribution is -2.25. The molecule has 2 aromatic rings. The molecule has 28 heavy (non-hydrogen) atoms. The average Bonchev–Trinajstić information content (AvgIpc) is 3.11. The van der Waals surface area contributed by atoms with Crippen molar-refractivity contribution in [2.75, 3.05) is 24.3 Å². The molecular weight excluding hydrogens is 376 g/mol. The van der Waals surface area contributed by atoms with Gasteiger partial charge in [0.1, 0.15) is 6.61 Å². The number of thioether (sulfide) groups is 1. The van der Waals surface area contributed by atoms with Gasteiger partial charge in [0.2, 0.25) is 5.91 Å². The lowest BCUT2D eigenvalue weighted by Gasteiger charge is -2.14. The fraction of sp³-hybridized carbons (Fsp3) is 0.400. The van der Waals surface area contributed by atoms with Gasteiger partial charge in [0.15, 0.2) is 5.16 Å². The molecule has 8 heteroatoms. The zero-order valence-corrected chi connectivity index (χ0v) is 17.1. The van der Waals surface area contributed by atoms with Crippen molar-refractivity contribution in [2.45, 2.75) is 38.4 Å². The third-order valence-electron chi connectivity index (χ3n) is 4.66. The number of hydrogen-bond acceptors (Lipinski definition) is 6. The molecule has 1 aliphatic heterocycles. The van der Waals surface area contributed by atoms with Crippen LogP contribution >= 0.6 is 11.8 Å². The Bertz CT molecular complexity index is 864. The fourth-order valence-corrected chi connectivity index (χ4v) is 3.61. The number of carbonyl (C=O) groups excluding carboxylic acids is 2. The number of hydrogen-bond donors (Lipinski definition) is 1. The molecule has 0 aliphatic carbocycles. The molecule has 1 saturated heterocycles. The van der Waals surface area contributed by atoms with Crippen molar-refractivity contribution < 1.29 is 14.3 Å². The number of aromatic nitrogens is 2. The minimum atomic E-state index is -0.332. The van der Waals surface area contributed by atoms with Gasteiger partial charge in [-0.2, -0.15) is 0 Å². The number of cyclic esters (lactones) is 1. The quantitative estimate of drug-likeness (QED) is 0.568. The number of rotatable bonds is 7. The third-order valence-corrected chi connectivity index (χ3v) is 5.21. The SMILES string of the molecule is CSc1nc(C)c(CCC(=O)NCc2cccc(N3CCOC3=O)c2)c(C)n1. The summed E-state index contributed by atoms with van der Waals surface area (Å²) in [6.07, 6.45) is 2.60. The molecule has 148 valence electrons. The highest BCUT2D eigenvalue weighted by molar-refractivity contribution is 7.98. The van der Waals surface area contributed by atoms with Crippen molar-refractivity contribution in [3.05, 3.63) is 46.8 Å². The number of ether oxygens (including phenoxy) is 1. The minimum Gasteiger partial charge on any atom is -0.447 e. The normalized spacial score (nSPS) is 13.5. The van der Waals surface area contributed by atoms with Crippen LogP contribution in [0.2, 0.25) is 0 Å². The van der Waals surface area contributed by atoms with Crippen molar-refractivity contribution in [1.82, 2.24) is 15.3 Å². The molecular formula is C20H24N4O3S. The van der Waals surface area contributed by atoms with Crippen LogP contribution in [0, 0.1) is 13.8 Å². The second-order valence-corrected chi connectivity index (χ2v) is 7.35. The van der Waals surface area contributed by atoms with E-state index in [1.807, 2.05) is 44.4 Å². The van der Waals surface area contributed by atoms with E-state index in [-0.39, 0.29) is 12.0 Å². The monoisotopic (exact) mass is 400 g/mol. The first kappa shape index (κ1) is 20.1. The largest absolute Gasteiger partial charge is 0.447 e. The molecule has 7 nitrogen and oxygen atoms in total. The molecule has 0 saturated carbocycles. The van der Waals surface area contributed by atoms with Crippen molar-refractivity contribution in [3.63, 3.8) is 0 Å². The maximum absolute atomic E-state index is 12.3. The Balaban J connectivity index is 1.54. The maximum atomic E-state index is 12.3. The van der Waals surface area contributed by atoms with E-state index in [1.54, 1.807) is 4.90 Å². The summed E-state index contributed by atoms with van der Waals surface area (Å²) in [6.45, 7) is 5.27. The molecule has 1 aromatic carbocycles. The van der Waals surface area contributed by atoms with Crippen LogP contribution in [0.1, 0.15) is 28.9 Å². The average molecular weight is 401 g/mol. The van der Waals surface area contributed by atoms with Gasteiger partial charge in [0.05, 0.1) is 6.54 Å². The number of anilines is 1. The minimum absolute atomic E-state index is 0.0290. The maximum Gasteiger partial charge on any atom is 0.414 e. The molecule has 0 radical (unpaired) electrons. The number of nitrogens with zero attached hydrogens (tertiary/aromatic N) is 3. The first-order valence-electron chi connectivity index (χ1n) is 9.16. The van der Waals surface area contributed by atoms with Crippen LogP contribution in [0.5, 0.6) is 0 Å².